The molecule has 96 valence electrons. The predicted octanol–water partition coefficient (Wildman–Crippen LogP) is 1.45. The topological polar surface area (TPSA) is 84.9 Å². The standard InChI is InChI=1S/C9H20NO5P/c1-9(11)10-7-5-3-4-6-8-15-16(12,13)14-2/h3-8H2,1-2H3,(H,10,11)(H,12,13)/i2T. The molecule has 1 amide bonds. The van der Waals surface area contributed by atoms with E-state index in [-0.39, 0.29) is 12.5 Å². The monoisotopic (exact) mass is 255 g/mol. The molecule has 0 aliphatic rings. The van der Waals surface area contributed by atoms with E-state index in [9.17, 15) is 9.36 Å². The highest BCUT2D eigenvalue weighted by Gasteiger charge is 2.17. The summed E-state index contributed by atoms with van der Waals surface area (Å²) < 4.78 is 26.4. The molecule has 0 aromatic heterocycles. The molecule has 0 aromatic carbocycles. The molecule has 16 heavy (non-hydrogen) atoms. The van der Waals surface area contributed by atoms with E-state index in [4.69, 9.17) is 6.26 Å². The van der Waals surface area contributed by atoms with Crippen LogP contribution in [0, 0.1) is 0 Å². The molecule has 0 rings (SSSR count). The first-order chi connectivity index (χ1) is 7.98. The average Bonchev–Trinajstić information content (AvgIpc) is 2.21. The molecule has 0 radical (unpaired) electrons. The van der Waals surface area contributed by atoms with E-state index >= 15 is 0 Å². The second-order valence-corrected chi connectivity index (χ2v) is 4.78. The molecule has 0 saturated heterocycles. The Bertz CT molecular complexity index is 264. The predicted molar refractivity (Wildman–Crippen MR) is 59.9 cm³/mol. The van der Waals surface area contributed by atoms with Gasteiger partial charge in [-0.3, -0.25) is 13.8 Å². The van der Waals surface area contributed by atoms with Crippen molar-refractivity contribution in [3.05, 3.63) is 0 Å². The zero-order valence-electron chi connectivity index (χ0n) is 10.5. The van der Waals surface area contributed by atoms with Gasteiger partial charge in [-0.2, -0.15) is 0 Å². The summed E-state index contributed by atoms with van der Waals surface area (Å²) in [6, 6.07) is 0. The van der Waals surface area contributed by atoms with Gasteiger partial charge in [-0.25, -0.2) is 4.57 Å². The lowest BCUT2D eigenvalue weighted by atomic mass is 10.2. The van der Waals surface area contributed by atoms with Gasteiger partial charge in [-0.1, -0.05) is 12.8 Å². The highest BCUT2D eigenvalue weighted by atomic mass is 31.2. The van der Waals surface area contributed by atoms with E-state index in [2.05, 4.69) is 14.4 Å². The van der Waals surface area contributed by atoms with Crippen LogP contribution in [0.3, 0.4) is 0 Å². The Morgan fingerprint density at radius 3 is 2.75 bits per heavy atom. The van der Waals surface area contributed by atoms with Crippen molar-refractivity contribution in [3.8, 4) is 0 Å². The Hall–Kier alpha value is -0.420. The molecule has 0 aliphatic carbocycles. The zero-order valence-corrected chi connectivity index (χ0v) is 10.4. The van der Waals surface area contributed by atoms with Crippen molar-refractivity contribution in [2.75, 3.05) is 20.2 Å². The second-order valence-electron chi connectivity index (χ2n) is 3.33. The minimum absolute atomic E-state index is 0.0397. The molecule has 0 fully saturated rings. The van der Waals surface area contributed by atoms with E-state index in [1.807, 2.05) is 0 Å². The molecule has 1 atom stereocenters. The van der Waals surface area contributed by atoms with Gasteiger partial charge in [-0.15, -0.1) is 0 Å². The van der Waals surface area contributed by atoms with Crippen molar-refractivity contribution < 1.29 is 24.7 Å². The minimum atomic E-state index is -4.01. The lowest BCUT2D eigenvalue weighted by molar-refractivity contribution is -0.118. The molecular formula is C9H20NO5P. The summed E-state index contributed by atoms with van der Waals surface area (Å²) in [5, 5.41) is 2.68. The molecular weight excluding hydrogens is 233 g/mol. The van der Waals surface area contributed by atoms with Gasteiger partial charge in [0.15, 0.2) is 0 Å². The number of hydrogen-bond acceptors (Lipinski definition) is 4. The Kier molecular flexibility index (Phi) is 7.42. The molecule has 0 aliphatic heterocycles. The van der Waals surface area contributed by atoms with E-state index < -0.39 is 14.9 Å². The number of carbonyl (C=O) groups is 1. The third-order valence-corrected chi connectivity index (χ3v) is 2.70. The number of hydrogen-bond donors (Lipinski definition) is 2. The van der Waals surface area contributed by atoms with Crippen LogP contribution in [0.5, 0.6) is 0 Å². The van der Waals surface area contributed by atoms with Crippen LogP contribution < -0.4 is 5.32 Å². The van der Waals surface area contributed by atoms with E-state index in [0.717, 1.165) is 19.3 Å². The van der Waals surface area contributed by atoms with Crippen molar-refractivity contribution in [1.29, 1.82) is 0 Å². The Morgan fingerprint density at radius 2 is 2.12 bits per heavy atom. The van der Waals surface area contributed by atoms with E-state index in [0.29, 0.717) is 13.0 Å². The third-order valence-electron chi connectivity index (χ3n) is 1.86. The summed E-state index contributed by atoms with van der Waals surface area (Å²) in [6.07, 6.45) is 3.28. The van der Waals surface area contributed by atoms with Crippen LogP contribution in [0.15, 0.2) is 0 Å². The van der Waals surface area contributed by atoms with Crippen LogP contribution in [0.4, 0.5) is 0 Å². The Labute approximate surface area is 97.3 Å². The van der Waals surface area contributed by atoms with Crippen molar-refractivity contribution in [3.63, 3.8) is 0 Å². The van der Waals surface area contributed by atoms with Crippen LogP contribution in [-0.4, -0.2) is 31.0 Å². The van der Waals surface area contributed by atoms with Crippen molar-refractivity contribution in [1.82, 2.24) is 5.32 Å². The molecule has 0 bridgehead atoms. The lowest BCUT2D eigenvalue weighted by Crippen LogP contribution is -2.20. The maximum absolute atomic E-state index is 11.0. The summed E-state index contributed by atoms with van der Waals surface area (Å²) >= 11 is 0. The van der Waals surface area contributed by atoms with Crippen LogP contribution in [0.25, 0.3) is 0 Å². The minimum Gasteiger partial charge on any atom is -0.356 e. The van der Waals surface area contributed by atoms with Crippen LogP contribution >= 0.6 is 7.82 Å². The first-order valence-electron chi connectivity index (χ1n) is 5.84. The van der Waals surface area contributed by atoms with Gasteiger partial charge in [0.25, 0.3) is 0 Å². The van der Waals surface area contributed by atoms with Gasteiger partial charge in [0.2, 0.25) is 5.91 Å². The van der Waals surface area contributed by atoms with Crippen molar-refractivity contribution in [2.24, 2.45) is 0 Å². The van der Waals surface area contributed by atoms with Gasteiger partial charge in [0, 0.05) is 20.6 Å². The normalized spacial score (nSPS) is 15.2. The molecule has 0 spiro atoms. The molecule has 6 nitrogen and oxygen atoms in total. The summed E-state index contributed by atoms with van der Waals surface area (Å²) in [6.45, 7) is 2.25. The highest BCUT2D eigenvalue weighted by molar-refractivity contribution is 7.47. The Morgan fingerprint density at radius 1 is 1.44 bits per heavy atom. The highest BCUT2D eigenvalue weighted by Crippen LogP contribution is 2.41. The summed E-state index contributed by atoms with van der Waals surface area (Å²) in [4.78, 5) is 19.5. The summed E-state index contributed by atoms with van der Waals surface area (Å²) in [5.41, 5.74) is 0. The zero-order chi connectivity index (χ0) is 13.1. The largest absolute Gasteiger partial charge is 0.471 e. The molecule has 0 heterocycles. The van der Waals surface area contributed by atoms with Crippen LogP contribution in [0.1, 0.15) is 34.0 Å². The maximum Gasteiger partial charge on any atom is 0.471 e. The second kappa shape index (κ2) is 8.70. The molecule has 1 unspecified atom stereocenters. The van der Waals surface area contributed by atoms with Gasteiger partial charge >= 0.3 is 7.82 Å². The number of unbranched alkanes of at least 4 members (excludes halogenated alkanes) is 3. The summed E-state index contributed by atoms with van der Waals surface area (Å²) in [7, 11) is -4.60. The Balaban J connectivity index is 3.29. The molecule has 2 N–H and O–H groups in total. The maximum atomic E-state index is 11.0. The molecule has 7 heteroatoms. The summed E-state index contributed by atoms with van der Waals surface area (Å²) in [5.74, 6) is -0.0397. The van der Waals surface area contributed by atoms with Crippen LogP contribution in [0.2, 0.25) is 0 Å². The number of nitrogens with one attached hydrogen (secondary N) is 1. The van der Waals surface area contributed by atoms with Gasteiger partial charge in [-0.05, 0) is 12.8 Å². The quantitative estimate of drug-likeness (QED) is 0.481. The number of rotatable bonds is 9. The van der Waals surface area contributed by atoms with E-state index in [1.165, 1.54) is 6.92 Å². The van der Waals surface area contributed by atoms with Gasteiger partial charge in [0.05, 0.1) is 7.98 Å². The van der Waals surface area contributed by atoms with Crippen LogP contribution in [-0.2, 0) is 18.4 Å². The lowest BCUT2D eigenvalue weighted by Gasteiger charge is -2.08. The number of phosphoric ester groups is 1. The number of amides is 1. The first kappa shape index (κ1) is 13.6. The van der Waals surface area contributed by atoms with E-state index in [1.54, 1.807) is 0 Å². The molecule has 0 aromatic rings. The van der Waals surface area contributed by atoms with Gasteiger partial charge in [0.1, 0.15) is 0 Å². The van der Waals surface area contributed by atoms with Crippen molar-refractivity contribution >= 4 is 13.7 Å². The smallest absolute Gasteiger partial charge is 0.356 e. The molecule has 0 saturated carbocycles. The van der Waals surface area contributed by atoms with Crippen molar-refractivity contribution in [2.45, 2.75) is 32.6 Å². The first-order valence-corrected chi connectivity index (χ1v) is 6.63. The van der Waals surface area contributed by atoms with Gasteiger partial charge < -0.3 is 10.2 Å². The number of carbonyl (C=O) groups excluding carboxylic acids is 1. The fourth-order valence-corrected chi connectivity index (χ4v) is 1.50. The fraction of sp³-hybridized carbons (Fsp3) is 0.889. The SMILES string of the molecule is [3H]COP(=O)(O)OCCCCCCNC(C)=O. The number of phosphoric acid groups is 1. The average molecular weight is 255 g/mol. The fourth-order valence-electron chi connectivity index (χ4n) is 1.06. The third kappa shape index (κ3) is 10.1.